The number of rotatable bonds is 4. The number of amides is 1. The van der Waals surface area contributed by atoms with E-state index in [1.807, 2.05) is 0 Å². The fourth-order valence-corrected chi connectivity index (χ4v) is 2.91. The predicted octanol–water partition coefficient (Wildman–Crippen LogP) is 4.39. The largest absolute Gasteiger partial charge is 0.433 e. The molecule has 0 spiro atoms. The summed E-state index contributed by atoms with van der Waals surface area (Å²) in [6.45, 7) is 0.139. The molecular weight excluding hydrogens is 419 g/mol. The minimum absolute atomic E-state index is 0.0796. The summed E-state index contributed by atoms with van der Waals surface area (Å²) < 4.78 is 41.3. The fourth-order valence-electron chi connectivity index (χ4n) is 2.79. The van der Waals surface area contributed by atoms with Crippen molar-refractivity contribution in [3.05, 3.63) is 82.8 Å². The van der Waals surface area contributed by atoms with E-state index in [0.29, 0.717) is 15.1 Å². The maximum Gasteiger partial charge on any atom is 0.433 e. The minimum atomic E-state index is -4.71. The van der Waals surface area contributed by atoms with Crippen molar-refractivity contribution >= 4 is 23.3 Å². The quantitative estimate of drug-likeness (QED) is 0.520. The highest BCUT2D eigenvalue weighted by molar-refractivity contribution is 6.30. The van der Waals surface area contributed by atoms with Crippen LogP contribution in [0.4, 0.5) is 13.2 Å². The summed E-state index contributed by atoms with van der Waals surface area (Å²) in [6.07, 6.45) is -4.71. The number of aromatic nitrogens is 4. The molecule has 0 radical (unpaired) electrons. The van der Waals surface area contributed by atoms with E-state index in [0.717, 1.165) is 11.6 Å². The number of fused-ring (bicyclic) bond motifs is 1. The third-order valence-corrected chi connectivity index (χ3v) is 4.49. The van der Waals surface area contributed by atoms with Crippen molar-refractivity contribution in [2.75, 3.05) is 0 Å². The second-order valence-corrected chi connectivity index (χ2v) is 6.78. The third-order valence-electron chi connectivity index (χ3n) is 4.24. The van der Waals surface area contributed by atoms with Crippen LogP contribution >= 0.6 is 11.6 Å². The highest BCUT2D eigenvalue weighted by atomic mass is 35.5. The van der Waals surface area contributed by atoms with Crippen molar-refractivity contribution in [1.82, 2.24) is 24.9 Å². The molecule has 6 nitrogen and oxygen atoms in total. The first-order valence-corrected chi connectivity index (χ1v) is 9.12. The molecule has 0 saturated carbocycles. The van der Waals surface area contributed by atoms with Gasteiger partial charge in [0.1, 0.15) is 0 Å². The van der Waals surface area contributed by atoms with Crippen LogP contribution in [0.1, 0.15) is 21.9 Å². The number of halogens is 4. The summed E-state index contributed by atoms with van der Waals surface area (Å²) in [5.41, 5.74) is 0.255. The average Bonchev–Trinajstić information content (AvgIpc) is 3.16. The topological polar surface area (TPSA) is 72.2 Å². The molecule has 0 fully saturated rings. The van der Waals surface area contributed by atoms with Gasteiger partial charge < -0.3 is 5.32 Å². The van der Waals surface area contributed by atoms with Crippen LogP contribution in [0.2, 0.25) is 5.02 Å². The molecule has 0 aliphatic rings. The van der Waals surface area contributed by atoms with Crippen molar-refractivity contribution in [1.29, 1.82) is 0 Å². The lowest BCUT2D eigenvalue weighted by molar-refractivity contribution is -0.142. The van der Waals surface area contributed by atoms with Crippen LogP contribution in [0.3, 0.4) is 0 Å². The van der Waals surface area contributed by atoms with Crippen molar-refractivity contribution in [3.63, 3.8) is 0 Å². The summed E-state index contributed by atoms with van der Waals surface area (Å²) >= 11 is 5.82. The molecule has 4 aromatic rings. The Morgan fingerprint density at radius 2 is 1.73 bits per heavy atom. The van der Waals surface area contributed by atoms with Gasteiger partial charge in [-0.25, -0.2) is 4.98 Å². The Kier molecular flexibility index (Phi) is 5.13. The first-order valence-electron chi connectivity index (χ1n) is 8.74. The first kappa shape index (κ1) is 19.8. The number of hydrogen-bond acceptors (Lipinski definition) is 4. The van der Waals surface area contributed by atoms with Crippen molar-refractivity contribution in [2.45, 2.75) is 12.7 Å². The molecule has 1 amide bonds. The lowest BCUT2D eigenvalue weighted by atomic mass is 10.1. The molecule has 0 unspecified atom stereocenters. The molecule has 2 heterocycles. The standard InChI is InChI=1S/C20H13ClF3N5O/c21-14-8-6-12(7-9-14)11-25-18(30)17-27-19-26-15(13-4-2-1-3-5-13)10-16(20(22,23)24)29(19)28-17/h1-10H,11H2,(H,25,30). The molecule has 2 aromatic carbocycles. The summed E-state index contributed by atoms with van der Waals surface area (Å²) in [5, 5.41) is 6.85. The molecule has 2 aromatic heterocycles. The third kappa shape index (κ3) is 4.11. The molecule has 0 aliphatic heterocycles. The van der Waals surface area contributed by atoms with Gasteiger partial charge in [0.25, 0.3) is 11.7 Å². The van der Waals surface area contributed by atoms with Crippen LogP contribution in [0.25, 0.3) is 17.0 Å². The smallest absolute Gasteiger partial charge is 0.345 e. The zero-order valence-electron chi connectivity index (χ0n) is 15.2. The molecule has 0 atom stereocenters. The van der Waals surface area contributed by atoms with Crippen LogP contribution in [-0.4, -0.2) is 25.5 Å². The summed E-state index contributed by atoms with van der Waals surface area (Å²) in [4.78, 5) is 20.4. The van der Waals surface area contributed by atoms with Crippen LogP contribution in [0, 0.1) is 0 Å². The van der Waals surface area contributed by atoms with E-state index in [9.17, 15) is 18.0 Å². The van der Waals surface area contributed by atoms with E-state index in [-0.39, 0.29) is 18.0 Å². The molecule has 152 valence electrons. The molecule has 0 bridgehead atoms. The van der Waals surface area contributed by atoms with Crippen LogP contribution in [0.15, 0.2) is 60.7 Å². The zero-order chi connectivity index (χ0) is 21.3. The van der Waals surface area contributed by atoms with Gasteiger partial charge in [0.05, 0.1) is 5.69 Å². The summed E-state index contributed by atoms with van der Waals surface area (Å²) in [6, 6.07) is 16.0. The highest BCUT2D eigenvalue weighted by Crippen LogP contribution is 2.31. The predicted molar refractivity (Wildman–Crippen MR) is 104 cm³/mol. The van der Waals surface area contributed by atoms with Crippen molar-refractivity contribution in [3.8, 4) is 11.3 Å². The zero-order valence-corrected chi connectivity index (χ0v) is 15.9. The number of carbonyl (C=O) groups excluding carboxylic acids is 1. The fraction of sp³-hybridized carbons (Fsp3) is 0.100. The molecule has 0 saturated heterocycles. The lowest BCUT2D eigenvalue weighted by Gasteiger charge is -2.10. The van der Waals surface area contributed by atoms with Gasteiger partial charge in [-0.2, -0.15) is 22.7 Å². The van der Waals surface area contributed by atoms with Crippen LogP contribution in [-0.2, 0) is 12.7 Å². The Labute approximate surface area is 173 Å². The maximum absolute atomic E-state index is 13.6. The van der Waals surface area contributed by atoms with Gasteiger partial charge >= 0.3 is 6.18 Å². The number of nitrogens with one attached hydrogen (secondary N) is 1. The van der Waals surface area contributed by atoms with Gasteiger partial charge in [0.2, 0.25) is 5.82 Å². The van der Waals surface area contributed by atoms with Gasteiger partial charge in [-0.1, -0.05) is 54.1 Å². The van der Waals surface area contributed by atoms with Crippen molar-refractivity contribution in [2.24, 2.45) is 0 Å². The number of alkyl halides is 3. The first-order chi connectivity index (χ1) is 14.3. The Hall–Kier alpha value is -3.46. The molecular formula is C20H13ClF3N5O. The van der Waals surface area contributed by atoms with E-state index in [2.05, 4.69) is 20.4 Å². The van der Waals surface area contributed by atoms with Gasteiger partial charge in [0, 0.05) is 17.1 Å². The highest BCUT2D eigenvalue weighted by Gasteiger charge is 2.36. The van der Waals surface area contributed by atoms with E-state index >= 15 is 0 Å². The second-order valence-electron chi connectivity index (χ2n) is 6.35. The van der Waals surface area contributed by atoms with Crippen LogP contribution < -0.4 is 5.32 Å². The monoisotopic (exact) mass is 431 g/mol. The second kappa shape index (κ2) is 7.75. The van der Waals surface area contributed by atoms with E-state index < -0.39 is 23.6 Å². The van der Waals surface area contributed by atoms with E-state index in [1.54, 1.807) is 54.6 Å². The summed E-state index contributed by atoms with van der Waals surface area (Å²) in [7, 11) is 0. The average molecular weight is 432 g/mol. The molecule has 4 rings (SSSR count). The number of carbonyl (C=O) groups is 1. The van der Waals surface area contributed by atoms with Gasteiger partial charge in [-0.3, -0.25) is 4.79 Å². The normalized spacial score (nSPS) is 11.6. The lowest BCUT2D eigenvalue weighted by Crippen LogP contribution is -2.24. The Bertz CT molecular complexity index is 1210. The van der Waals surface area contributed by atoms with Gasteiger partial charge in [-0.15, -0.1) is 5.10 Å². The van der Waals surface area contributed by atoms with Crippen LogP contribution in [0.5, 0.6) is 0 Å². The number of nitrogens with zero attached hydrogens (tertiary/aromatic N) is 4. The molecule has 30 heavy (non-hydrogen) atoms. The molecule has 10 heteroatoms. The van der Waals surface area contributed by atoms with E-state index in [4.69, 9.17) is 11.6 Å². The minimum Gasteiger partial charge on any atom is -0.345 e. The van der Waals surface area contributed by atoms with Gasteiger partial charge in [0.15, 0.2) is 5.69 Å². The van der Waals surface area contributed by atoms with Crippen molar-refractivity contribution < 1.29 is 18.0 Å². The van der Waals surface area contributed by atoms with Gasteiger partial charge in [-0.05, 0) is 23.8 Å². The number of benzene rings is 2. The number of hydrogen-bond donors (Lipinski definition) is 1. The Balaban J connectivity index is 1.68. The Morgan fingerprint density at radius 1 is 1.03 bits per heavy atom. The summed E-state index contributed by atoms with van der Waals surface area (Å²) in [5.74, 6) is -1.45. The SMILES string of the molecule is O=C(NCc1ccc(Cl)cc1)c1nc2nc(-c3ccccc3)cc(C(F)(F)F)n2n1. The molecule has 1 N–H and O–H groups in total. The molecule has 0 aliphatic carbocycles. The Morgan fingerprint density at radius 3 is 2.40 bits per heavy atom. The maximum atomic E-state index is 13.6. The van der Waals surface area contributed by atoms with E-state index in [1.165, 1.54) is 0 Å².